The zero-order chi connectivity index (χ0) is 18.5. The highest BCUT2D eigenvalue weighted by atomic mass is 15.4. The van der Waals surface area contributed by atoms with E-state index in [1.807, 2.05) is 59.2 Å². The third kappa shape index (κ3) is 14.1. The molecule has 4 heterocycles. The highest BCUT2D eigenvalue weighted by Crippen LogP contribution is 2.02. The number of allylic oxidation sites excluding steroid dienone is 3. The van der Waals surface area contributed by atoms with Gasteiger partial charge in [-0.1, -0.05) is 20.1 Å². The minimum atomic E-state index is 0. The van der Waals surface area contributed by atoms with Gasteiger partial charge in [0.05, 0.1) is 42.4 Å². The molecule has 4 rings (SSSR count). The Morgan fingerprint density at radius 1 is 0.704 bits per heavy atom. The summed E-state index contributed by atoms with van der Waals surface area (Å²) < 4.78 is 1.68. The van der Waals surface area contributed by atoms with Crippen molar-refractivity contribution in [2.45, 2.75) is 42.5 Å². The lowest BCUT2D eigenvalue weighted by Gasteiger charge is -1.75. The number of rotatable bonds is 0. The SMILES string of the molecule is C.C.CC1=CCN=N1.CC1=CCN=N1.CC1=CCN=N1.Cc1cn(C)nn1. The van der Waals surface area contributed by atoms with Gasteiger partial charge in [0.25, 0.3) is 0 Å². The van der Waals surface area contributed by atoms with Crippen LogP contribution in [0.1, 0.15) is 41.3 Å². The summed E-state index contributed by atoms with van der Waals surface area (Å²) in [7, 11) is 1.85. The fourth-order valence-corrected chi connectivity index (χ4v) is 1.56. The van der Waals surface area contributed by atoms with Gasteiger partial charge in [-0.3, -0.25) is 4.68 Å². The van der Waals surface area contributed by atoms with Crippen LogP contribution in [0.4, 0.5) is 0 Å². The Morgan fingerprint density at radius 3 is 1.15 bits per heavy atom. The number of hydrogen-bond acceptors (Lipinski definition) is 8. The van der Waals surface area contributed by atoms with Crippen LogP contribution in [-0.4, -0.2) is 34.6 Å². The molecule has 9 nitrogen and oxygen atoms in total. The molecule has 0 N–H and O–H groups in total. The number of aryl methyl sites for hydroxylation is 2. The molecular formula is C18H33N9. The minimum absolute atomic E-state index is 0. The van der Waals surface area contributed by atoms with Crippen molar-refractivity contribution < 1.29 is 0 Å². The molecule has 0 atom stereocenters. The molecule has 0 aliphatic carbocycles. The second kappa shape index (κ2) is 15.4. The average Bonchev–Trinajstić information content (AvgIpc) is 3.34. The van der Waals surface area contributed by atoms with Gasteiger partial charge in [0.2, 0.25) is 0 Å². The Morgan fingerprint density at radius 2 is 1.07 bits per heavy atom. The lowest BCUT2D eigenvalue weighted by atomic mass is 10.5. The Labute approximate surface area is 162 Å². The van der Waals surface area contributed by atoms with Crippen molar-refractivity contribution in [3.63, 3.8) is 0 Å². The van der Waals surface area contributed by atoms with E-state index >= 15 is 0 Å². The van der Waals surface area contributed by atoms with Gasteiger partial charge in [-0.05, 0) is 45.9 Å². The van der Waals surface area contributed by atoms with Crippen molar-refractivity contribution in [2.75, 3.05) is 19.6 Å². The van der Waals surface area contributed by atoms with Gasteiger partial charge in [0, 0.05) is 13.2 Å². The van der Waals surface area contributed by atoms with Crippen LogP contribution in [0.2, 0.25) is 0 Å². The van der Waals surface area contributed by atoms with E-state index < -0.39 is 0 Å². The van der Waals surface area contributed by atoms with E-state index in [0.29, 0.717) is 0 Å². The smallest absolute Gasteiger partial charge is 0.0805 e. The number of aromatic nitrogens is 3. The molecule has 0 radical (unpaired) electrons. The fraction of sp³-hybridized carbons (Fsp3) is 0.556. The summed E-state index contributed by atoms with van der Waals surface area (Å²) in [5.41, 5.74) is 4.07. The second-order valence-corrected chi connectivity index (χ2v) is 5.34. The van der Waals surface area contributed by atoms with Gasteiger partial charge < -0.3 is 0 Å². The first-order valence-corrected chi connectivity index (χ1v) is 7.93. The minimum Gasteiger partial charge on any atom is -0.255 e. The molecule has 0 amide bonds. The van der Waals surface area contributed by atoms with Crippen molar-refractivity contribution in [1.29, 1.82) is 0 Å². The summed E-state index contributed by atoms with van der Waals surface area (Å²) in [5.74, 6) is 0. The summed E-state index contributed by atoms with van der Waals surface area (Å²) >= 11 is 0. The topological polar surface area (TPSA) is 105 Å². The predicted octanol–water partition coefficient (Wildman–Crippen LogP) is 5.46. The first-order valence-electron chi connectivity index (χ1n) is 7.93. The molecule has 0 saturated heterocycles. The van der Waals surface area contributed by atoms with Crippen LogP contribution in [0.5, 0.6) is 0 Å². The Balaban J connectivity index is 0. The largest absolute Gasteiger partial charge is 0.255 e. The van der Waals surface area contributed by atoms with E-state index in [-0.39, 0.29) is 14.9 Å². The molecule has 0 bridgehead atoms. The van der Waals surface area contributed by atoms with Crippen molar-refractivity contribution in [2.24, 2.45) is 37.7 Å². The molecule has 150 valence electrons. The molecule has 1 aromatic rings. The maximum absolute atomic E-state index is 3.73. The molecule has 0 fully saturated rings. The molecule has 9 heteroatoms. The maximum Gasteiger partial charge on any atom is 0.0805 e. The van der Waals surface area contributed by atoms with E-state index in [1.54, 1.807) is 4.68 Å². The molecule has 0 saturated carbocycles. The summed E-state index contributed by atoms with van der Waals surface area (Å²) in [6, 6.07) is 0. The maximum atomic E-state index is 3.73. The van der Waals surface area contributed by atoms with Gasteiger partial charge in [0.15, 0.2) is 0 Å². The van der Waals surface area contributed by atoms with E-state index in [2.05, 4.69) is 41.0 Å². The molecular weight excluding hydrogens is 342 g/mol. The number of hydrogen-bond donors (Lipinski definition) is 0. The van der Waals surface area contributed by atoms with Crippen molar-refractivity contribution in [3.8, 4) is 0 Å². The van der Waals surface area contributed by atoms with E-state index in [4.69, 9.17) is 0 Å². The standard InChI is InChI=1S/C4H7N3.3C4H6N2.2CH4/c1-4-3-7(2)6-5-4;3*1-4-2-3-5-6-4;;/h3H,1-2H3;3*2H,3H2,1H3;2*1H4. The van der Waals surface area contributed by atoms with Gasteiger partial charge in [-0.2, -0.15) is 30.7 Å². The van der Waals surface area contributed by atoms with Crippen molar-refractivity contribution in [1.82, 2.24) is 15.0 Å². The third-order valence-electron chi connectivity index (χ3n) is 2.81. The molecule has 0 spiro atoms. The Kier molecular flexibility index (Phi) is 15.1. The van der Waals surface area contributed by atoms with Crippen molar-refractivity contribution in [3.05, 3.63) is 47.2 Å². The van der Waals surface area contributed by atoms with Crippen LogP contribution in [0.15, 0.2) is 72.2 Å². The van der Waals surface area contributed by atoms with Crippen LogP contribution in [0, 0.1) is 6.92 Å². The van der Waals surface area contributed by atoms with E-state index in [9.17, 15) is 0 Å². The zero-order valence-electron chi connectivity index (χ0n) is 15.5. The monoisotopic (exact) mass is 375 g/mol. The quantitative estimate of drug-likeness (QED) is 0.600. The predicted molar refractivity (Wildman–Crippen MR) is 110 cm³/mol. The van der Waals surface area contributed by atoms with Gasteiger partial charge >= 0.3 is 0 Å². The normalized spacial score (nSPS) is 14.8. The lowest BCUT2D eigenvalue weighted by Crippen LogP contribution is -1.85. The van der Waals surface area contributed by atoms with Gasteiger partial charge in [-0.15, -0.1) is 5.10 Å². The average molecular weight is 376 g/mol. The molecule has 3 aliphatic heterocycles. The van der Waals surface area contributed by atoms with Crippen LogP contribution in [0.3, 0.4) is 0 Å². The van der Waals surface area contributed by atoms with E-state index in [0.717, 1.165) is 42.4 Å². The van der Waals surface area contributed by atoms with Gasteiger partial charge in [0.1, 0.15) is 0 Å². The molecule has 0 unspecified atom stereocenters. The van der Waals surface area contributed by atoms with E-state index in [1.165, 1.54) is 0 Å². The van der Waals surface area contributed by atoms with Crippen LogP contribution in [0.25, 0.3) is 0 Å². The Hall–Kier alpha value is -2.84. The molecule has 0 aromatic carbocycles. The summed E-state index contributed by atoms with van der Waals surface area (Å²) in [5, 5.41) is 29.7. The first-order chi connectivity index (χ1) is 12.0. The van der Waals surface area contributed by atoms with Crippen LogP contribution in [-0.2, 0) is 7.05 Å². The van der Waals surface area contributed by atoms with Gasteiger partial charge in [-0.25, -0.2) is 0 Å². The summed E-state index contributed by atoms with van der Waals surface area (Å²) in [6.45, 7) is 10.1. The zero-order valence-corrected chi connectivity index (χ0v) is 15.5. The summed E-state index contributed by atoms with van der Waals surface area (Å²) in [6.07, 6.45) is 7.82. The highest BCUT2D eigenvalue weighted by Gasteiger charge is 1.88. The molecule has 27 heavy (non-hydrogen) atoms. The second-order valence-electron chi connectivity index (χ2n) is 5.34. The van der Waals surface area contributed by atoms with Crippen LogP contribution < -0.4 is 0 Å². The lowest BCUT2D eigenvalue weighted by molar-refractivity contribution is 0.714. The number of azo groups is 3. The molecule has 1 aromatic heterocycles. The third-order valence-corrected chi connectivity index (χ3v) is 2.81. The number of nitrogens with zero attached hydrogens (tertiary/aromatic N) is 9. The summed E-state index contributed by atoms with van der Waals surface area (Å²) in [4.78, 5) is 0. The Bertz CT molecular complexity index is 615. The first kappa shape index (κ1) is 26.4. The molecule has 3 aliphatic rings. The van der Waals surface area contributed by atoms with Crippen LogP contribution >= 0.6 is 0 Å². The fourth-order valence-electron chi connectivity index (χ4n) is 1.56. The van der Waals surface area contributed by atoms with Crippen molar-refractivity contribution >= 4 is 0 Å². The highest BCUT2D eigenvalue weighted by molar-refractivity contribution is 5.00.